The summed E-state index contributed by atoms with van der Waals surface area (Å²) >= 11 is 18.9. The molecule has 0 saturated heterocycles. The molecule has 3 aromatic rings. The molecular formula is C21H19Cl2N3O2S2. The number of fused-ring (bicyclic) bond motifs is 1. The maximum atomic E-state index is 12.6. The second-order valence-corrected chi connectivity index (χ2v) is 8.80. The average Bonchev–Trinajstić information content (AvgIpc) is 3.02. The molecule has 0 aliphatic heterocycles. The number of unbranched alkanes of at least 4 members (excludes halogenated alkanes) is 1. The largest absolute Gasteiger partial charge is 0.332 e. The van der Waals surface area contributed by atoms with Gasteiger partial charge in [0, 0.05) is 32.9 Å². The monoisotopic (exact) mass is 479 g/mol. The number of nitrogens with one attached hydrogen (secondary N) is 3. The van der Waals surface area contributed by atoms with E-state index in [1.807, 2.05) is 6.92 Å². The van der Waals surface area contributed by atoms with E-state index < -0.39 is 5.91 Å². The standard InChI is InChI=1S/C21H19Cl2N3O2S2/c1-2-3-7-17(27)24-13-5-4-6-14(11-13)25-21(29)26-20(28)19-18(23)15-9-8-12(22)10-16(15)30-19/h4-6,8-11H,2-3,7H2,1H3,(H,24,27)(H2,25,26,28,29). The van der Waals surface area contributed by atoms with Crippen LogP contribution in [0, 0.1) is 0 Å². The fraction of sp³-hybridized carbons (Fsp3) is 0.190. The average molecular weight is 480 g/mol. The Balaban J connectivity index is 1.64. The summed E-state index contributed by atoms with van der Waals surface area (Å²) in [5, 5.41) is 10.3. The lowest BCUT2D eigenvalue weighted by Crippen LogP contribution is -2.33. The van der Waals surface area contributed by atoms with Gasteiger partial charge < -0.3 is 10.6 Å². The van der Waals surface area contributed by atoms with Crippen molar-refractivity contribution in [1.82, 2.24) is 5.32 Å². The van der Waals surface area contributed by atoms with Crippen molar-refractivity contribution in [3.63, 3.8) is 0 Å². The molecule has 3 rings (SSSR count). The minimum absolute atomic E-state index is 0.0376. The van der Waals surface area contributed by atoms with Crippen molar-refractivity contribution in [3.05, 3.63) is 57.4 Å². The number of anilines is 2. The van der Waals surface area contributed by atoms with Crippen molar-refractivity contribution in [2.24, 2.45) is 0 Å². The molecule has 30 heavy (non-hydrogen) atoms. The molecule has 2 amide bonds. The van der Waals surface area contributed by atoms with Crippen LogP contribution in [0.4, 0.5) is 11.4 Å². The first-order valence-electron chi connectivity index (χ1n) is 9.27. The van der Waals surface area contributed by atoms with E-state index in [2.05, 4.69) is 16.0 Å². The van der Waals surface area contributed by atoms with Crippen molar-refractivity contribution >= 4 is 85.1 Å². The van der Waals surface area contributed by atoms with Crippen LogP contribution in [0.1, 0.15) is 35.9 Å². The Morgan fingerprint density at radius 2 is 1.80 bits per heavy atom. The van der Waals surface area contributed by atoms with Crippen LogP contribution in [0.2, 0.25) is 10.0 Å². The Hall–Kier alpha value is -2.19. The van der Waals surface area contributed by atoms with Crippen LogP contribution >= 0.6 is 46.8 Å². The van der Waals surface area contributed by atoms with E-state index in [1.54, 1.807) is 42.5 Å². The molecule has 9 heteroatoms. The smallest absolute Gasteiger partial charge is 0.269 e. The lowest BCUT2D eigenvalue weighted by Gasteiger charge is -2.11. The summed E-state index contributed by atoms with van der Waals surface area (Å²) in [5.41, 5.74) is 1.29. The molecule has 0 radical (unpaired) electrons. The summed E-state index contributed by atoms with van der Waals surface area (Å²) in [6, 6.07) is 12.4. The zero-order valence-electron chi connectivity index (χ0n) is 16.1. The minimum atomic E-state index is -0.404. The number of benzene rings is 2. The van der Waals surface area contributed by atoms with E-state index in [1.165, 1.54) is 11.3 Å². The summed E-state index contributed by atoms with van der Waals surface area (Å²) in [6.45, 7) is 2.04. The van der Waals surface area contributed by atoms with Gasteiger partial charge in [-0.15, -0.1) is 11.3 Å². The van der Waals surface area contributed by atoms with E-state index in [9.17, 15) is 9.59 Å². The third-order valence-corrected chi connectivity index (χ3v) is 6.28. The fourth-order valence-corrected chi connectivity index (χ4v) is 4.64. The minimum Gasteiger partial charge on any atom is -0.332 e. The molecule has 0 aliphatic rings. The SMILES string of the molecule is CCCCC(=O)Nc1cccc(NC(=S)NC(=O)c2sc3cc(Cl)ccc3c2Cl)c1. The lowest BCUT2D eigenvalue weighted by atomic mass is 10.2. The highest BCUT2D eigenvalue weighted by atomic mass is 35.5. The maximum absolute atomic E-state index is 12.6. The second kappa shape index (κ2) is 10.2. The van der Waals surface area contributed by atoms with E-state index in [-0.39, 0.29) is 11.0 Å². The van der Waals surface area contributed by atoms with E-state index in [0.29, 0.717) is 32.7 Å². The first kappa shape index (κ1) is 22.5. The molecule has 0 saturated carbocycles. The first-order chi connectivity index (χ1) is 14.4. The number of halogens is 2. The second-order valence-electron chi connectivity index (χ2n) is 6.53. The molecule has 3 N–H and O–H groups in total. The topological polar surface area (TPSA) is 70.2 Å². The van der Waals surface area contributed by atoms with Gasteiger partial charge in [0.1, 0.15) is 4.88 Å². The van der Waals surface area contributed by atoms with Gasteiger partial charge in [-0.3, -0.25) is 14.9 Å². The van der Waals surface area contributed by atoms with Gasteiger partial charge in [0.2, 0.25) is 5.91 Å². The summed E-state index contributed by atoms with van der Waals surface area (Å²) in [7, 11) is 0. The molecule has 0 aliphatic carbocycles. The number of hydrogen-bond donors (Lipinski definition) is 3. The van der Waals surface area contributed by atoms with Gasteiger partial charge in [0.25, 0.3) is 5.91 Å². The number of amides is 2. The predicted molar refractivity (Wildman–Crippen MR) is 130 cm³/mol. The highest BCUT2D eigenvalue weighted by molar-refractivity contribution is 7.80. The molecular weight excluding hydrogens is 461 g/mol. The van der Waals surface area contributed by atoms with E-state index in [0.717, 1.165) is 22.9 Å². The molecule has 0 bridgehead atoms. The summed E-state index contributed by atoms with van der Waals surface area (Å²) in [5.74, 6) is -0.441. The number of carbonyl (C=O) groups is 2. The van der Waals surface area contributed by atoms with Crippen LogP contribution < -0.4 is 16.0 Å². The third kappa shape index (κ3) is 5.70. The van der Waals surface area contributed by atoms with Crippen molar-refractivity contribution in [2.45, 2.75) is 26.2 Å². The normalized spacial score (nSPS) is 10.6. The lowest BCUT2D eigenvalue weighted by molar-refractivity contribution is -0.116. The zero-order valence-corrected chi connectivity index (χ0v) is 19.2. The molecule has 2 aromatic carbocycles. The Morgan fingerprint density at radius 1 is 1.07 bits per heavy atom. The van der Waals surface area contributed by atoms with Gasteiger partial charge in [-0.25, -0.2) is 0 Å². The molecule has 0 spiro atoms. The van der Waals surface area contributed by atoms with Crippen LogP contribution in [0.5, 0.6) is 0 Å². The van der Waals surface area contributed by atoms with E-state index in [4.69, 9.17) is 35.4 Å². The number of rotatable bonds is 6. The molecule has 0 unspecified atom stereocenters. The molecule has 0 atom stereocenters. The highest BCUT2D eigenvalue weighted by Gasteiger charge is 2.18. The Kier molecular flexibility index (Phi) is 7.66. The van der Waals surface area contributed by atoms with Crippen LogP contribution in [0.15, 0.2) is 42.5 Å². The van der Waals surface area contributed by atoms with Crippen molar-refractivity contribution in [2.75, 3.05) is 10.6 Å². The number of thiophene rings is 1. The summed E-state index contributed by atoms with van der Waals surface area (Å²) < 4.78 is 0.822. The number of carbonyl (C=O) groups excluding carboxylic acids is 2. The molecule has 1 heterocycles. The molecule has 0 fully saturated rings. The van der Waals surface area contributed by atoms with E-state index >= 15 is 0 Å². The summed E-state index contributed by atoms with van der Waals surface area (Å²) in [4.78, 5) is 24.9. The third-order valence-electron chi connectivity index (χ3n) is 4.19. The Bertz CT molecular complexity index is 1110. The number of hydrogen-bond acceptors (Lipinski definition) is 4. The maximum Gasteiger partial charge on any atom is 0.269 e. The first-order valence-corrected chi connectivity index (χ1v) is 11.2. The van der Waals surface area contributed by atoms with Crippen molar-refractivity contribution in [1.29, 1.82) is 0 Å². The van der Waals surface area contributed by atoms with Gasteiger partial charge in [-0.1, -0.05) is 48.7 Å². The predicted octanol–water partition coefficient (Wildman–Crippen LogP) is 6.46. The van der Waals surface area contributed by atoms with Gasteiger partial charge in [-0.2, -0.15) is 0 Å². The van der Waals surface area contributed by atoms with Gasteiger partial charge in [-0.05, 0) is 49.0 Å². The van der Waals surface area contributed by atoms with Gasteiger partial charge in [0.05, 0.1) is 5.02 Å². The highest BCUT2D eigenvalue weighted by Crippen LogP contribution is 2.36. The van der Waals surface area contributed by atoms with Gasteiger partial charge in [0.15, 0.2) is 5.11 Å². The fourth-order valence-electron chi connectivity index (χ4n) is 2.74. The van der Waals surface area contributed by atoms with Crippen molar-refractivity contribution in [3.8, 4) is 0 Å². The quantitative estimate of drug-likeness (QED) is 0.354. The van der Waals surface area contributed by atoms with Crippen molar-refractivity contribution < 1.29 is 9.59 Å². The van der Waals surface area contributed by atoms with Crippen LogP contribution in [0.3, 0.4) is 0 Å². The Labute approximate surface area is 193 Å². The molecule has 156 valence electrons. The summed E-state index contributed by atoms with van der Waals surface area (Å²) in [6.07, 6.45) is 2.27. The van der Waals surface area contributed by atoms with Crippen LogP contribution in [-0.4, -0.2) is 16.9 Å². The van der Waals surface area contributed by atoms with Crippen LogP contribution in [0.25, 0.3) is 10.1 Å². The Morgan fingerprint density at radius 3 is 2.53 bits per heavy atom. The van der Waals surface area contributed by atoms with Crippen LogP contribution in [-0.2, 0) is 4.79 Å². The zero-order chi connectivity index (χ0) is 21.7. The molecule has 5 nitrogen and oxygen atoms in total. The molecule has 1 aromatic heterocycles. The number of thiocarbonyl (C=S) groups is 1. The van der Waals surface area contributed by atoms with Gasteiger partial charge >= 0.3 is 0 Å².